The smallest absolute Gasteiger partial charge is 0.317 e. The SMILES string of the molecule is Cc1ccc(C2=CC3(CCN(CC(=O)O)CC3)Oc3ccccc32)cc1.Cl. The highest BCUT2D eigenvalue weighted by atomic mass is 35.5. The Morgan fingerprint density at radius 3 is 2.44 bits per heavy atom. The number of para-hydroxylation sites is 1. The van der Waals surface area contributed by atoms with E-state index in [1.165, 1.54) is 16.7 Å². The summed E-state index contributed by atoms with van der Waals surface area (Å²) in [7, 11) is 0. The molecule has 0 atom stereocenters. The van der Waals surface area contributed by atoms with E-state index in [2.05, 4.69) is 43.3 Å². The van der Waals surface area contributed by atoms with Gasteiger partial charge in [0.2, 0.25) is 0 Å². The van der Waals surface area contributed by atoms with E-state index in [0.29, 0.717) is 0 Å². The summed E-state index contributed by atoms with van der Waals surface area (Å²) in [4.78, 5) is 13.0. The molecule has 2 aliphatic heterocycles. The molecule has 0 bridgehead atoms. The molecule has 142 valence electrons. The fraction of sp³-hybridized carbons (Fsp3) is 0.318. The number of hydrogen-bond donors (Lipinski definition) is 1. The first-order chi connectivity index (χ1) is 12.5. The van der Waals surface area contributed by atoms with Crippen LogP contribution in [0.5, 0.6) is 5.75 Å². The highest BCUT2D eigenvalue weighted by molar-refractivity contribution is 5.85. The second-order valence-electron chi connectivity index (χ2n) is 7.26. The van der Waals surface area contributed by atoms with E-state index in [0.717, 1.165) is 37.2 Å². The Bertz CT molecular complexity index is 852. The lowest BCUT2D eigenvalue weighted by Gasteiger charge is -2.42. The fourth-order valence-electron chi connectivity index (χ4n) is 3.87. The number of nitrogens with zero attached hydrogens (tertiary/aromatic N) is 1. The molecule has 2 aromatic rings. The molecule has 0 aromatic heterocycles. The maximum Gasteiger partial charge on any atom is 0.317 e. The van der Waals surface area contributed by atoms with E-state index >= 15 is 0 Å². The minimum Gasteiger partial charge on any atom is -0.482 e. The lowest BCUT2D eigenvalue weighted by atomic mass is 9.83. The van der Waals surface area contributed by atoms with E-state index in [-0.39, 0.29) is 24.6 Å². The van der Waals surface area contributed by atoms with E-state index in [4.69, 9.17) is 9.84 Å². The predicted molar refractivity (Wildman–Crippen MR) is 109 cm³/mol. The van der Waals surface area contributed by atoms with Crippen LogP contribution in [0.2, 0.25) is 0 Å². The van der Waals surface area contributed by atoms with Crippen LogP contribution in [0.25, 0.3) is 5.57 Å². The van der Waals surface area contributed by atoms with Gasteiger partial charge in [-0.1, -0.05) is 48.0 Å². The second-order valence-corrected chi connectivity index (χ2v) is 7.26. The average Bonchev–Trinajstić information content (AvgIpc) is 2.64. The fourth-order valence-corrected chi connectivity index (χ4v) is 3.87. The lowest BCUT2D eigenvalue weighted by Crippen LogP contribution is -2.49. The van der Waals surface area contributed by atoms with Gasteiger partial charge < -0.3 is 9.84 Å². The van der Waals surface area contributed by atoms with Crippen molar-refractivity contribution in [2.75, 3.05) is 19.6 Å². The molecule has 2 aliphatic rings. The highest BCUT2D eigenvalue weighted by Gasteiger charge is 2.39. The van der Waals surface area contributed by atoms with Crippen molar-refractivity contribution >= 4 is 23.9 Å². The zero-order chi connectivity index (χ0) is 18.1. The number of fused-ring (bicyclic) bond motifs is 1. The topological polar surface area (TPSA) is 49.8 Å². The van der Waals surface area contributed by atoms with Gasteiger partial charge in [-0.2, -0.15) is 0 Å². The van der Waals surface area contributed by atoms with Gasteiger partial charge in [-0.05, 0) is 30.2 Å². The van der Waals surface area contributed by atoms with Crippen molar-refractivity contribution < 1.29 is 14.6 Å². The van der Waals surface area contributed by atoms with Crippen LogP contribution in [0.1, 0.15) is 29.5 Å². The number of aryl methyl sites for hydroxylation is 1. The number of hydrogen-bond acceptors (Lipinski definition) is 3. The van der Waals surface area contributed by atoms with Crippen LogP contribution in [0, 0.1) is 6.92 Å². The maximum absolute atomic E-state index is 11.0. The molecule has 27 heavy (non-hydrogen) atoms. The summed E-state index contributed by atoms with van der Waals surface area (Å²) in [5.41, 5.74) is 4.40. The van der Waals surface area contributed by atoms with Gasteiger partial charge in [0.15, 0.2) is 0 Å². The van der Waals surface area contributed by atoms with Gasteiger partial charge in [-0.15, -0.1) is 12.4 Å². The molecular weight excluding hydrogens is 362 g/mol. The summed E-state index contributed by atoms with van der Waals surface area (Å²) in [6.45, 7) is 3.65. The monoisotopic (exact) mass is 385 g/mol. The van der Waals surface area contributed by atoms with Crippen LogP contribution in [0.15, 0.2) is 54.6 Å². The Balaban J connectivity index is 0.00000210. The quantitative estimate of drug-likeness (QED) is 0.861. The summed E-state index contributed by atoms with van der Waals surface area (Å²) < 4.78 is 6.44. The molecular formula is C22H24ClNO3. The molecule has 4 rings (SSSR count). The first-order valence-electron chi connectivity index (χ1n) is 9.07. The Morgan fingerprint density at radius 1 is 1.11 bits per heavy atom. The number of benzene rings is 2. The highest BCUT2D eigenvalue weighted by Crippen LogP contribution is 2.43. The van der Waals surface area contributed by atoms with E-state index < -0.39 is 5.97 Å². The van der Waals surface area contributed by atoms with Crippen LogP contribution >= 0.6 is 12.4 Å². The molecule has 1 fully saturated rings. The first-order valence-corrected chi connectivity index (χ1v) is 9.07. The molecule has 2 heterocycles. The van der Waals surface area contributed by atoms with Crippen molar-refractivity contribution in [1.29, 1.82) is 0 Å². The maximum atomic E-state index is 11.0. The summed E-state index contributed by atoms with van der Waals surface area (Å²) in [6.07, 6.45) is 3.85. The van der Waals surface area contributed by atoms with Gasteiger partial charge in [0.1, 0.15) is 11.4 Å². The largest absolute Gasteiger partial charge is 0.482 e. The van der Waals surface area contributed by atoms with Crippen molar-refractivity contribution in [3.8, 4) is 5.75 Å². The van der Waals surface area contributed by atoms with Crippen LogP contribution in [-0.4, -0.2) is 41.2 Å². The molecule has 0 radical (unpaired) electrons. The van der Waals surface area contributed by atoms with Gasteiger partial charge >= 0.3 is 5.97 Å². The molecule has 4 nitrogen and oxygen atoms in total. The van der Waals surface area contributed by atoms with Crippen LogP contribution in [-0.2, 0) is 4.79 Å². The van der Waals surface area contributed by atoms with Crippen LogP contribution < -0.4 is 4.74 Å². The summed E-state index contributed by atoms with van der Waals surface area (Å²) in [5, 5.41) is 9.03. The molecule has 5 heteroatoms. The molecule has 2 aromatic carbocycles. The average molecular weight is 386 g/mol. The Labute approximate surface area is 165 Å². The van der Waals surface area contributed by atoms with E-state index in [9.17, 15) is 4.79 Å². The van der Waals surface area contributed by atoms with Crippen molar-refractivity contribution in [2.24, 2.45) is 0 Å². The van der Waals surface area contributed by atoms with Gasteiger partial charge in [0.25, 0.3) is 0 Å². The number of halogens is 1. The summed E-state index contributed by atoms with van der Waals surface area (Å²) >= 11 is 0. The molecule has 1 saturated heterocycles. The van der Waals surface area contributed by atoms with Crippen molar-refractivity contribution in [2.45, 2.75) is 25.4 Å². The van der Waals surface area contributed by atoms with Gasteiger partial charge in [0, 0.05) is 31.5 Å². The molecule has 0 unspecified atom stereocenters. The Kier molecular flexibility index (Phi) is 5.59. The first kappa shape index (κ1) is 19.5. The van der Waals surface area contributed by atoms with Crippen molar-refractivity contribution in [3.63, 3.8) is 0 Å². The van der Waals surface area contributed by atoms with E-state index in [1.54, 1.807) is 0 Å². The number of piperidine rings is 1. The van der Waals surface area contributed by atoms with Crippen LogP contribution in [0.4, 0.5) is 0 Å². The standard InChI is InChI=1S/C22H23NO3.ClH/c1-16-6-8-17(9-7-16)19-14-22(26-20-5-3-2-4-18(19)20)10-12-23(13-11-22)15-21(24)25;/h2-9,14H,10-13,15H2,1H3,(H,24,25);1H. The number of ether oxygens (including phenoxy) is 1. The minimum absolute atomic E-state index is 0. The third-order valence-corrected chi connectivity index (χ3v) is 5.32. The van der Waals surface area contributed by atoms with Crippen molar-refractivity contribution in [1.82, 2.24) is 4.90 Å². The Hall–Kier alpha value is -2.30. The molecule has 0 saturated carbocycles. The number of rotatable bonds is 3. The lowest BCUT2D eigenvalue weighted by molar-refractivity contribution is -0.139. The molecule has 1 N–H and O–H groups in total. The summed E-state index contributed by atoms with van der Waals surface area (Å²) in [5.74, 6) is 0.143. The van der Waals surface area contributed by atoms with E-state index in [1.807, 2.05) is 23.1 Å². The zero-order valence-electron chi connectivity index (χ0n) is 15.4. The van der Waals surface area contributed by atoms with Gasteiger partial charge in [0.05, 0.1) is 6.54 Å². The summed E-state index contributed by atoms with van der Waals surface area (Å²) in [6, 6.07) is 16.8. The minimum atomic E-state index is -0.772. The number of carbonyl (C=O) groups is 1. The normalized spacial score (nSPS) is 18.0. The number of carboxylic acids is 1. The van der Waals surface area contributed by atoms with Crippen molar-refractivity contribution in [3.05, 3.63) is 71.3 Å². The molecule has 0 amide bonds. The molecule has 0 aliphatic carbocycles. The zero-order valence-corrected chi connectivity index (χ0v) is 16.2. The third kappa shape index (κ3) is 4.02. The van der Waals surface area contributed by atoms with Gasteiger partial charge in [-0.25, -0.2) is 0 Å². The third-order valence-electron chi connectivity index (χ3n) is 5.32. The molecule has 1 spiro atoms. The van der Waals surface area contributed by atoms with Gasteiger partial charge in [-0.3, -0.25) is 9.69 Å². The van der Waals surface area contributed by atoms with Crippen LogP contribution in [0.3, 0.4) is 0 Å². The second kappa shape index (κ2) is 7.75. The number of likely N-dealkylation sites (tertiary alicyclic amines) is 1. The number of aliphatic carboxylic acids is 1. The predicted octanol–water partition coefficient (Wildman–Crippen LogP) is 4.16. The Morgan fingerprint density at radius 2 is 1.78 bits per heavy atom. The number of carboxylic acid groups (broad SMARTS) is 1.